The van der Waals surface area contributed by atoms with Crippen LogP contribution in [0.2, 0.25) is 5.02 Å². The molecule has 0 amide bonds. The molecule has 0 atom stereocenters. The molecule has 0 aliphatic heterocycles. The van der Waals surface area contributed by atoms with Crippen molar-refractivity contribution in [3.05, 3.63) is 51.1 Å². The van der Waals surface area contributed by atoms with Gasteiger partial charge in [0.1, 0.15) is 5.75 Å². The second kappa shape index (κ2) is 7.07. The van der Waals surface area contributed by atoms with Crippen molar-refractivity contribution in [2.24, 2.45) is 0 Å². The molecule has 0 bridgehead atoms. The van der Waals surface area contributed by atoms with Crippen molar-refractivity contribution in [1.82, 2.24) is 4.98 Å². The smallest absolute Gasteiger partial charge is 0.219 e. The molecule has 0 aliphatic carbocycles. The van der Waals surface area contributed by atoms with Gasteiger partial charge in [-0.2, -0.15) is 0 Å². The van der Waals surface area contributed by atoms with Crippen LogP contribution in [0.4, 0.5) is 0 Å². The van der Waals surface area contributed by atoms with Gasteiger partial charge in [0.05, 0.1) is 11.6 Å². The van der Waals surface area contributed by atoms with Crippen LogP contribution in [0.3, 0.4) is 0 Å². The molecule has 1 aromatic carbocycles. The molecule has 0 fully saturated rings. The number of ether oxygens (including phenoxy) is 1. The summed E-state index contributed by atoms with van der Waals surface area (Å²) in [7, 11) is 0. The monoisotopic (exact) mass is 355 g/mol. The molecule has 2 rings (SSSR count). The highest BCUT2D eigenvalue weighted by Gasteiger charge is 2.07. The molecule has 5 heteroatoms. The Morgan fingerprint density at radius 2 is 2.10 bits per heavy atom. The topological polar surface area (TPSA) is 42.4 Å². The highest BCUT2D eigenvalue weighted by atomic mass is 79.9. The molecule has 0 aliphatic rings. The summed E-state index contributed by atoms with van der Waals surface area (Å²) >= 11 is 9.47. The van der Waals surface area contributed by atoms with Crippen LogP contribution in [-0.4, -0.2) is 10.1 Å². The number of aromatic nitrogens is 1. The summed E-state index contributed by atoms with van der Waals surface area (Å²) in [5.74, 6) is 0.990. The van der Waals surface area contributed by atoms with Crippen LogP contribution in [0.1, 0.15) is 24.6 Å². The van der Waals surface area contributed by atoms with E-state index in [0.717, 1.165) is 28.6 Å². The van der Waals surface area contributed by atoms with Gasteiger partial charge < -0.3 is 9.84 Å². The summed E-state index contributed by atoms with van der Waals surface area (Å²) in [6, 6.07) is 9.00. The van der Waals surface area contributed by atoms with Crippen molar-refractivity contribution < 1.29 is 9.84 Å². The molecule has 1 N–H and O–H groups in total. The Bertz CT molecular complexity index is 604. The molecule has 0 unspecified atom stereocenters. The summed E-state index contributed by atoms with van der Waals surface area (Å²) < 4.78 is 6.61. The standard InChI is InChI=1S/C15H15BrClNO2/c1-2-3-12-6-10(9-19)7-15(18-12)20-14-5-4-11(16)8-13(14)17/h4-8,19H,2-3,9H2,1H3. The average Bonchev–Trinajstić information content (AvgIpc) is 2.42. The Labute approximate surface area is 131 Å². The Kier molecular flexibility index (Phi) is 5.40. The Morgan fingerprint density at radius 3 is 2.75 bits per heavy atom. The zero-order valence-corrected chi connectivity index (χ0v) is 13.4. The van der Waals surface area contributed by atoms with Gasteiger partial charge in [-0.1, -0.05) is 40.9 Å². The third kappa shape index (κ3) is 3.95. The molecule has 3 nitrogen and oxygen atoms in total. The largest absolute Gasteiger partial charge is 0.437 e. The van der Waals surface area contributed by atoms with E-state index in [1.54, 1.807) is 18.2 Å². The highest BCUT2D eigenvalue weighted by molar-refractivity contribution is 9.10. The van der Waals surface area contributed by atoms with E-state index in [9.17, 15) is 5.11 Å². The van der Waals surface area contributed by atoms with Gasteiger partial charge in [0, 0.05) is 16.2 Å². The molecule has 20 heavy (non-hydrogen) atoms. The number of hydrogen-bond donors (Lipinski definition) is 1. The van der Waals surface area contributed by atoms with Crippen molar-refractivity contribution in [3.63, 3.8) is 0 Å². The van der Waals surface area contributed by atoms with E-state index >= 15 is 0 Å². The number of aryl methyl sites for hydroxylation is 1. The maximum Gasteiger partial charge on any atom is 0.219 e. The molecule has 0 radical (unpaired) electrons. The molecular weight excluding hydrogens is 342 g/mol. The number of aliphatic hydroxyl groups excluding tert-OH is 1. The van der Waals surface area contributed by atoms with Gasteiger partial charge in [0.25, 0.3) is 0 Å². The third-order valence-corrected chi connectivity index (χ3v) is 3.50. The van der Waals surface area contributed by atoms with Crippen molar-refractivity contribution in [2.45, 2.75) is 26.4 Å². The van der Waals surface area contributed by atoms with E-state index in [4.69, 9.17) is 16.3 Å². The number of halogens is 2. The summed E-state index contributed by atoms with van der Waals surface area (Å²) in [5, 5.41) is 9.80. The minimum Gasteiger partial charge on any atom is -0.437 e. The van der Waals surface area contributed by atoms with Gasteiger partial charge in [0.2, 0.25) is 5.88 Å². The first-order chi connectivity index (χ1) is 9.62. The normalized spacial score (nSPS) is 10.6. The van der Waals surface area contributed by atoms with Crippen LogP contribution in [0.15, 0.2) is 34.8 Å². The van der Waals surface area contributed by atoms with Crippen LogP contribution in [0.5, 0.6) is 11.6 Å². The van der Waals surface area contributed by atoms with E-state index in [-0.39, 0.29) is 6.61 Å². The van der Waals surface area contributed by atoms with Crippen LogP contribution in [0.25, 0.3) is 0 Å². The van der Waals surface area contributed by atoms with Crippen LogP contribution in [0, 0.1) is 0 Å². The summed E-state index contributed by atoms with van der Waals surface area (Å²) in [6.45, 7) is 2.04. The van der Waals surface area contributed by atoms with Crippen molar-refractivity contribution in [1.29, 1.82) is 0 Å². The zero-order chi connectivity index (χ0) is 14.5. The third-order valence-electron chi connectivity index (χ3n) is 2.71. The number of pyridine rings is 1. The van der Waals surface area contributed by atoms with E-state index in [2.05, 4.69) is 27.8 Å². The summed E-state index contributed by atoms with van der Waals surface area (Å²) in [6.07, 6.45) is 1.83. The summed E-state index contributed by atoms with van der Waals surface area (Å²) in [5.41, 5.74) is 1.69. The van der Waals surface area contributed by atoms with Gasteiger partial charge >= 0.3 is 0 Å². The van der Waals surface area contributed by atoms with E-state index in [1.165, 1.54) is 0 Å². The molecule has 1 aromatic heterocycles. The quantitative estimate of drug-likeness (QED) is 0.842. The van der Waals surface area contributed by atoms with E-state index in [1.807, 2.05) is 12.1 Å². The van der Waals surface area contributed by atoms with Crippen LogP contribution < -0.4 is 4.74 Å². The summed E-state index contributed by atoms with van der Waals surface area (Å²) in [4.78, 5) is 4.43. The lowest BCUT2D eigenvalue weighted by molar-refractivity contribution is 0.280. The van der Waals surface area contributed by atoms with Gasteiger partial charge in [-0.15, -0.1) is 0 Å². The predicted octanol–water partition coefficient (Wildman–Crippen LogP) is 4.73. The lowest BCUT2D eigenvalue weighted by Gasteiger charge is -2.10. The fourth-order valence-electron chi connectivity index (χ4n) is 1.82. The van der Waals surface area contributed by atoms with E-state index < -0.39 is 0 Å². The van der Waals surface area contributed by atoms with Crippen LogP contribution in [-0.2, 0) is 13.0 Å². The molecule has 0 saturated carbocycles. The Hall–Kier alpha value is -1.10. The zero-order valence-electron chi connectivity index (χ0n) is 11.1. The lowest BCUT2D eigenvalue weighted by atomic mass is 10.2. The highest BCUT2D eigenvalue weighted by Crippen LogP contribution is 2.31. The molecular formula is C15H15BrClNO2. The van der Waals surface area contributed by atoms with Crippen molar-refractivity contribution in [2.75, 3.05) is 0 Å². The number of nitrogens with zero attached hydrogens (tertiary/aromatic N) is 1. The lowest BCUT2D eigenvalue weighted by Crippen LogP contribution is -1.97. The van der Waals surface area contributed by atoms with Crippen molar-refractivity contribution >= 4 is 27.5 Å². The fraction of sp³-hybridized carbons (Fsp3) is 0.267. The first-order valence-corrected chi connectivity index (χ1v) is 7.53. The first-order valence-electron chi connectivity index (χ1n) is 6.36. The van der Waals surface area contributed by atoms with Gasteiger partial charge in [-0.3, -0.25) is 0 Å². The maximum absolute atomic E-state index is 9.30. The second-order valence-corrected chi connectivity index (χ2v) is 5.71. The number of rotatable bonds is 5. The van der Waals surface area contributed by atoms with Gasteiger partial charge in [-0.25, -0.2) is 4.98 Å². The van der Waals surface area contributed by atoms with E-state index in [0.29, 0.717) is 16.7 Å². The minimum atomic E-state index is -0.0380. The second-order valence-electron chi connectivity index (χ2n) is 4.39. The van der Waals surface area contributed by atoms with Gasteiger partial charge in [-0.05, 0) is 36.2 Å². The molecule has 1 heterocycles. The Balaban J connectivity index is 2.29. The fourth-order valence-corrected chi connectivity index (χ4v) is 2.53. The number of benzene rings is 1. The molecule has 106 valence electrons. The minimum absolute atomic E-state index is 0.0380. The molecule has 0 spiro atoms. The SMILES string of the molecule is CCCc1cc(CO)cc(Oc2ccc(Br)cc2Cl)n1. The average molecular weight is 357 g/mol. The van der Waals surface area contributed by atoms with Crippen molar-refractivity contribution in [3.8, 4) is 11.6 Å². The van der Waals surface area contributed by atoms with Gasteiger partial charge in [0.15, 0.2) is 0 Å². The number of aliphatic hydroxyl groups is 1. The Morgan fingerprint density at radius 1 is 1.30 bits per heavy atom. The first kappa shape index (κ1) is 15.3. The maximum atomic E-state index is 9.30. The van der Waals surface area contributed by atoms with Crippen LogP contribution >= 0.6 is 27.5 Å². The molecule has 0 saturated heterocycles. The predicted molar refractivity (Wildman–Crippen MR) is 83.4 cm³/mol. The molecule has 2 aromatic rings. The number of hydrogen-bond acceptors (Lipinski definition) is 3.